The van der Waals surface area contributed by atoms with E-state index >= 15 is 0 Å². The number of aliphatic hydroxyl groups is 1. The minimum absolute atomic E-state index is 0.0294. The first-order valence-corrected chi connectivity index (χ1v) is 6.63. The van der Waals surface area contributed by atoms with E-state index in [1.165, 1.54) is 4.68 Å². The van der Waals surface area contributed by atoms with Gasteiger partial charge in [-0.2, -0.15) is 5.10 Å². The van der Waals surface area contributed by atoms with E-state index in [2.05, 4.69) is 5.10 Å². The Balaban J connectivity index is 2.34. The number of aromatic nitrogens is 2. The number of hydrogen-bond donors (Lipinski definition) is 1. The Hall–Kier alpha value is -1.85. The maximum atomic E-state index is 11.8. The molecular weight excluding hydrogens is 278 g/mol. The summed E-state index contributed by atoms with van der Waals surface area (Å²) in [7, 11) is 1.55. The molecule has 5 nitrogen and oxygen atoms in total. The van der Waals surface area contributed by atoms with E-state index in [0.717, 1.165) is 5.56 Å². The Labute approximate surface area is 122 Å². The zero-order valence-electron chi connectivity index (χ0n) is 11.2. The van der Waals surface area contributed by atoms with Crippen molar-refractivity contribution in [2.45, 2.75) is 6.54 Å². The SMILES string of the molecule is Cn1ncc(N(CCO)Cc2ccccc2)c(Cl)c1=O. The summed E-state index contributed by atoms with van der Waals surface area (Å²) < 4.78 is 1.19. The third kappa shape index (κ3) is 3.18. The summed E-state index contributed by atoms with van der Waals surface area (Å²) in [6.45, 7) is 0.901. The van der Waals surface area contributed by atoms with E-state index in [4.69, 9.17) is 11.6 Å². The van der Waals surface area contributed by atoms with Crippen LogP contribution in [0.2, 0.25) is 5.02 Å². The predicted molar refractivity (Wildman–Crippen MR) is 79.1 cm³/mol. The first kappa shape index (κ1) is 14.6. The van der Waals surface area contributed by atoms with E-state index in [9.17, 15) is 9.90 Å². The molecule has 0 radical (unpaired) electrons. The monoisotopic (exact) mass is 293 g/mol. The fraction of sp³-hybridized carbons (Fsp3) is 0.286. The van der Waals surface area contributed by atoms with Crippen LogP contribution < -0.4 is 10.5 Å². The maximum absolute atomic E-state index is 11.8. The highest BCUT2D eigenvalue weighted by atomic mass is 35.5. The number of rotatable bonds is 5. The van der Waals surface area contributed by atoms with Crippen molar-refractivity contribution in [2.24, 2.45) is 7.05 Å². The van der Waals surface area contributed by atoms with Gasteiger partial charge in [-0.3, -0.25) is 4.79 Å². The normalized spacial score (nSPS) is 10.6. The van der Waals surface area contributed by atoms with E-state index in [1.54, 1.807) is 13.2 Å². The number of halogens is 1. The fourth-order valence-electron chi connectivity index (χ4n) is 1.93. The Bertz CT molecular complexity index is 628. The molecule has 20 heavy (non-hydrogen) atoms. The molecule has 0 spiro atoms. The zero-order valence-corrected chi connectivity index (χ0v) is 11.9. The van der Waals surface area contributed by atoms with Gasteiger partial charge in [-0.25, -0.2) is 4.68 Å². The fourth-order valence-corrected chi connectivity index (χ4v) is 2.22. The van der Waals surface area contributed by atoms with Crippen molar-refractivity contribution in [2.75, 3.05) is 18.1 Å². The number of anilines is 1. The lowest BCUT2D eigenvalue weighted by molar-refractivity contribution is 0.301. The Kier molecular flexibility index (Phi) is 4.76. The summed E-state index contributed by atoms with van der Waals surface area (Å²) in [5.74, 6) is 0. The molecule has 106 valence electrons. The van der Waals surface area contributed by atoms with Crippen LogP contribution in [0.3, 0.4) is 0 Å². The Morgan fingerprint density at radius 3 is 2.70 bits per heavy atom. The quantitative estimate of drug-likeness (QED) is 0.906. The van der Waals surface area contributed by atoms with Gasteiger partial charge in [0.2, 0.25) is 0 Å². The molecule has 0 amide bonds. The standard InChI is InChI=1S/C14H16ClN3O2/c1-17-14(20)13(15)12(9-16-17)18(7-8-19)10-11-5-3-2-4-6-11/h2-6,9,19H,7-8,10H2,1H3. The number of benzene rings is 1. The lowest BCUT2D eigenvalue weighted by Gasteiger charge is -2.24. The largest absolute Gasteiger partial charge is 0.395 e. The van der Waals surface area contributed by atoms with Gasteiger partial charge in [0.05, 0.1) is 18.5 Å². The number of nitrogens with zero attached hydrogens (tertiary/aromatic N) is 3. The molecule has 0 atom stereocenters. The molecule has 0 saturated heterocycles. The molecule has 0 aliphatic heterocycles. The van der Waals surface area contributed by atoms with Crippen LogP contribution in [0, 0.1) is 0 Å². The lowest BCUT2D eigenvalue weighted by atomic mass is 10.2. The van der Waals surface area contributed by atoms with Crippen LogP contribution in [0.4, 0.5) is 5.69 Å². The smallest absolute Gasteiger partial charge is 0.287 e. The van der Waals surface area contributed by atoms with Gasteiger partial charge < -0.3 is 10.0 Å². The van der Waals surface area contributed by atoms with Gasteiger partial charge in [0.15, 0.2) is 0 Å². The molecule has 0 saturated carbocycles. The minimum atomic E-state index is -0.347. The molecule has 1 N–H and O–H groups in total. The minimum Gasteiger partial charge on any atom is -0.395 e. The average Bonchev–Trinajstić information content (AvgIpc) is 2.46. The van der Waals surface area contributed by atoms with Gasteiger partial charge in [-0.05, 0) is 5.56 Å². The van der Waals surface area contributed by atoms with E-state index in [0.29, 0.717) is 18.8 Å². The van der Waals surface area contributed by atoms with Gasteiger partial charge in [0.1, 0.15) is 5.02 Å². The summed E-state index contributed by atoms with van der Waals surface area (Å²) in [4.78, 5) is 13.7. The summed E-state index contributed by atoms with van der Waals surface area (Å²) in [5, 5.41) is 13.3. The van der Waals surface area contributed by atoms with Crippen molar-refractivity contribution in [3.63, 3.8) is 0 Å². The zero-order chi connectivity index (χ0) is 14.5. The molecule has 0 unspecified atom stereocenters. The highest BCUT2D eigenvalue weighted by Crippen LogP contribution is 2.22. The molecule has 1 aromatic carbocycles. The second-order valence-electron chi connectivity index (χ2n) is 4.40. The first-order chi connectivity index (χ1) is 9.63. The molecule has 0 aliphatic carbocycles. The summed E-state index contributed by atoms with van der Waals surface area (Å²) in [5.41, 5.74) is 1.26. The van der Waals surface area contributed by atoms with Crippen molar-refractivity contribution in [3.05, 3.63) is 57.5 Å². The second kappa shape index (κ2) is 6.54. The van der Waals surface area contributed by atoms with Crippen LogP contribution in [-0.2, 0) is 13.6 Å². The van der Waals surface area contributed by atoms with Gasteiger partial charge in [0.25, 0.3) is 5.56 Å². The van der Waals surface area contributed by atoms with Crippen LogP contribution in [-0.4, -0.2) is 28.0 Å². The third-order valence-electron chi connectivity index (χ3n) is 2.99. The van der Waals surface area contributed by atoms with Crippen molar-refractivity contribution in [3.8, 4) is 0 Å². The molecule has 2 rings (SSSR count). The maximum Gasteiger partial charge on any atom is 0.287 e. The molecule has 1 aromatic heterocycles. The highest BCUT2D eigenvalue weighted by molar-refractivity contribution is 6.33. The van der Waals surface area contributed by atoms with Gasteiger partial charge in [-0.15, -0.1) is 0 Å². The lowest BCUT2D eigenvalue weighted by Crippen LogP contribution is -2.30. The number of aliphatic hydroxyl groups excluding tert-OH is 1. The molecule has 0 aliphatic rings. The first-order valence-electron chi connectivity index (χ1n) is 6.25. The average molecular weight is 294 g/mol. The Morgan fingerprint density at radius 1 is 1.35 bits per heavy atom. The summed E-state index contributed by atoms with van der Waals surface area (Å²) >= 11 is 6.10. The van der Waals surface area contributed by atoms with Crippen molar-refractivity contribution < 1.29 is 5.11 Å². The molecule has 0 fully saturated rings. The Morgan fingerprint density at radius 2 is 2.05 bits per heavy atom. The molecular formula is C14H16ClN3O2. The van der Waals surface area contributed by atoms with E-state index in [1.807, 2.05) is 35.2 Å². The number of hydrogen-bond acceptors (Lipinski definition) is 4. The molecule has 6 heteroatoms. The molecule has 2 aromatic rings. The van der Waals surface area contributed by atoms with Crippen LogP contribution in [0.25, 0.3) is 0 Å². The van der Waals surface area contributed by atoms with E-state index < -0.39 is 0 Å². The van der Waals surface area contributed by atoms with Gasteiger partial charge in [-0.1, -0.05) is 41.9 Å². The van der Waals surface area contributed by atoms with Gasteiger partial charge >= 0.3 is 0 Å². The number of aryl methyl sites for hydroxylation is 1. The summed E-state index contributed by atoms with van der Waals surface area (Å²) in [6, 6.07) is 9.78. The van der Waals surface area contributed by atoms with Crippen LogP contribution >= 0.6 is 11.6 Å². The predicted octanol–water partition coefficient (Wildman–Crippen LogP) is 1.43. The summed E-state index contributed by atoms with van der Waals surface area (Å²) in [6.07, 6.45) is 1.54. The van der Waals surface area contributed by atoms with Gasteiger partial charge in [0, 0.05) is 20.1 Å². The van der Waals surface area contributed by atoms with Crippen LogP contribution in [0.1, 0.15) is 5.56 Å². The van der Waals surface area contributed by atoms with E-state index in [-0.39, 0.29) is 17.2 Å². The molecule has 1 heterocycles. The van der Waals surface area contributed by atoms with Crippen molar-refractivity contribution >= 4 is 17.3 Å². The topological polar surface area (TPSA) is 58.4 Å². The molecule has 0 bridgehead atoms. The van der Waals surface area contributed by atoms with Crippen LogP contribution in [0.15, 0.2) is 41.3 Å². The van der Waals surface area contributed by atoms with Crippen molar-refractivity contribution in [1.82, 2.24) is 9.78 Å². The van der Waals surface area contributed by atoms with Crippen LogP contribution in [0.5, 0.6) is 0 Å². The second-order valence-corrected chi connectivity index (χ2v) is 4.78. The third-order valence-corrected chi connectivity index (χ3v) is 3.34. The van der Waals surface area contributed by atoms with Crippen molar-refractivity contribution in [1.29, 1.82) is 0 Å². The highest BCUT2D eigenvalue weighted by Gasteiger charge is 2.14.